The first-order valence-electron chi connectivity index (χ1n) is 6.23. The first-order chi connectivity index (χ1) is 7.83. The van der Waals surface area contributed by atoms with Gasteiger partial charge in [0.25, 0.3) is 0 Å². The fourth-order valence-electron chi connectivity index (χ4n) is 2.53. The number of piperidine rings is 1. The van der Waals surface area contributed by atoms with Crippen molar-refractivity contribution in [2.45, 2.75) is 44.2 Å². The molecule has 1 aromatic heterocycles. The monoisotopic (exact) mass is 237 g/mol. The summed E-state index contributed by atoms with van der Waals surface area (Å²) in [4.78, 5) is 8.50. The Morgan fingerprint density at radius 1 is 1.44 bits per heavy atom. The normalized spacial score (nSPS) is 27.2. The highest BCUT2D eigenvalue weighted by Gasteiger charge is 2.29. The molecule has 0 amide bonds. The van der Waals surface area contributed by atoms with Gasteiger partial charge in [-0.15, -0.1) is 11.3 Å². The third kappa shape index (κ3) is 2.29. The van der Waals surface area contributed by atoms with Crippen molar-refractivity contribution < 1.29 is 0 Å². The van der Waals surface area contributed by atoms with Crippen LogP contribution >= 0.6 is 11.3 Å². The van der Waals surface area contributed by atoms with Gasteiger partial charge in [0.15, 0.2) is 0 Å². The summed E-state index contributed by atoms with van der Waals surface area (Å²) in [6.07, 6.45) is 5.12. The quantitative estimate of drug-likeness (QED) is 0.873. The molecule has 0 radical (unpaired) electrons. The predicted molar refractivity (Wildman–Crippen MR) is 66.6 cm³/mol. The molecule has 1 aliphatic carbocycles. The minimum atomic E-state index is 0.381. The van der Waals surface area contributed by atoms with E-state index in [-0.39, 0.29) is 0 Å². The van der Waals surface area contributed by atoms with E-state index in [1.165, 1.54) is 42.8 Å². The fraction of sp³-hybridized carbons (Fsp3) is 0.750. The number of likely N-dealkylation sites (tertiary alicyclic amines) is 1. The van der Waals surface area contributed by atoms with Crippen LogP contribution in [0.5, 0.6) is 0 Å². The minimum absolute atomic E-state index is 0.381. The Morgan fingerprint density at radius 3 is 3.06 bits per heavy atom. The maximum atomic E-state index is 6.01. The van der Waals surface area contributed by atoms with E-state index in [4.69, 9.17) is 5.73 Å². The Hall–Kier alpha value is -0.450. The molecule has 2 aliphatic rings. The zero-order valence-corrected chi connectivity index (χ0v) is 10.4. The highest BCUT2D eigenvalue weighted by Crippen LogP contribution is 2.42. The second kappa shape index (κ2) is 4.43. The molecule has 1 atom stereocenters. The van der Waals surface area contributed by atoms with Gasteiger partial charge in [0.1, 0.15) is 0 Å². The third-order valence-corrected chi connectivity index (χ3v) is 4.38. The maximum Gasteiger partial charge on any atom is 0.0798 e. The molecule has 1 aliphatic heterocycles. The van der Waals surface area contributed by atoms with Crippen molar-refractivity contribution in [2.24, 2.45) is 5.73 Å². The molecule has 0 bridgehead atoms. The van der Waals surface area contributed by atoms with E-state index in [1.54, 1.807) is 0 Å². The fourth-order valence-corrected chi connectivity index (χ4v) is 3.42. The van der Waals surface area contributed by atoms with Crippen molar-refractivity contribution in [3.8, 4) is 0 Å². The van der Waals surface area contributed by atoms with Gasteiger partial charge in [0.2, 0.25) is 0 Å². The predicted octanol–water partition coefficient (Wildman–Crippen LogP) is 1.94. The van der Waals surface area contributed by atoms with Crippen LogP contribution in [-0.2, 0) is 6.54 Å². The van der Waals surface area contributed by atoms with E-state index in [2.05, 4.69) is 9.88 Å². The number of nitrogens with zero attached hydrogens (tertiary/aromatic N) is 2. The lowest BCUT2D eigenvalue weighted by atomic mass is 10.1. The Bertz CT molecular complexity index is 359. The highest BCUT2D eigenvalue weighted by atomic mass is 32.1. The summed E-state index contributed by atoms with van der Waals surface area (Å²) in [7, 11) is 0. The van der Waals surface area contributed by atoms with Crippen molar-refractivity contribution in [2.75, 3.05) is 13.1 Å². The summed E-state index contributed by atoms with van der Waals surface area (Å²) < 4.78 is 0. The van der Waals surface area contributed by atoms with Gasteiger partial charge in [0, 0.05) is 29.9 Å². The van der Waals surface area contributed by atoms with E-state index >= 15 is 0 Å². The van der Waals surface area contributed by atoms with Gasteiger partial charge in [0.05, 0.1) is 11.2 Å². The average molecular weight is 237 g/mol. The van der Waals surface area contributed by atoms with E-state index in [0.29, 0.717) is 6.04 Å². The summed E-state index contributed by atoms with van der Waals surface area (Å²) in [5.41, 5.74) is 9.40. The van der Waals surface area contributed by atoms with Crippen LogP contribution in [0.1, 0.15) is 42.2 Å². The first-order valence-corrected chi connectivity index (χ1v) is 7.11. The van der Waals surface area contributed by atoms with Gasteiger partial charge in [-0.1, -0.05) is 0 Å². The summed E-state index contributed by atoms with van der Waals surface area (Å²) in [6, 6.07) is 0.381. The standard InChI is InChI=1S/C12H19N3S/c13-10-2-1-5-15(6-10)7-11-12(9-3-4-9)14-8-16-11/h8-10H,1-7,13H2/t10-/m1/s1. The number of nitrogens with two attached hydrogens (primary N) is 1. The molecule has 0 unspecified atom stereocenters. The highest BCUT2D eigenvalue weighted by molar-refractivity contribution is 7.09. The maximum absolute atomic E-state index is 6.01. The Kier molecular flexibility index (Phi) is 2.96. The Balaban J connectivity index is 1.66. The van der Waals surface area contributed by atoms with Crippen LogP contribution < -0.4 is 5.73 Å². The molecule has 3 nitrogen and oxygen atoms in total. The topological polar surface area (TPSA) is 42.1 Å². The van der Waals surface area contributed by atoms with Crippen molar-refractivity contribution in [1.82, 2.24) is 9.88 Å². The average Bonchev–Trinajstić information content (AvgIpc) is 3.00. The number of thiazole rings is 1. The molecule has 0 aromatic carbocycles. The van der Waals surface area contributed by atoms with Crippen LogP contribution in [0.4, 0.5) is 0 Å². The second-order valence-electron chi connectivity index (χ2n) is 5.07. The zero-order valence-electron chi connectivity index (χ0n) is 9.56. The van der Waals surface area contributed by atoms with Gasteiger partial charge in [-0.3, -0.25) is 4.90 Å². The summed E-state index contributed by atoms with van der Waals surface area (Å²) in [5.74, 6) is 0.778. The number of rotatable bonds is 3. The Labute approximate surface area is 101 Å². The third-order valence-electron chi connectivity index (χ3n) is 3.55. The van der Waals surface area contributed by atoms with Crippen LogP contribution in [0.15, 0.2) is 5.51 Å². The van der Waals surface area contributed by atoms with E-state index in [9.17, 15) is 0 Å². The molecule has 2 fully saturated rings. The van der Waals surface area contributed by atoms with Gasteiger partial charge in [-0.2, -0.15) is 0 Å². The summed E-state index contributed by atoms with van der Waals surface area (Å²) >= 11 is 1.82. The van der Waals surface area contributed by atoms with Crippen molar-refractivity contribution in [3.05, 3.63) is 16.1 Å². The van der Waals surface area contributed by atoms with Gasteiger partial charge < -0.3 is 5.73 Å². The van der Waals surface area contributed by atoms with Gasteiger partial charge >= 0.3 is 0 Å². The molecule has 1 saturated heterocycles. The number of hydrogen-bond donors (Lipinski definition) is 1. The molecule has 88 valence electrons. The second-order valence-corrected chi connectivity index (χ2v) is 6.01. The number of hydrogen-bond acceptors (Lipinski definition) is 4. The molecule has 2 N–H and O–H groups in total. The molecule has 3 rings (SSSR count). The zero-order chi connectivity index (χ0) is 11.0. The summed E-state index contributed by atoms with van der Waals surface area (Å²) in [6.45, 7) is 3.34. The van der Waals surface area contributed by atoms with Crippen LogP contribution in [0.2, 0.25) is 0 Å². The molecule has 16 heavy (non-hydrogen) atoms. The molecular formula is C12H19N3S. The SMILES string of the molecule is N[C@@H]1CCCN(Cc2scnc2C2CC2)C1. The molecule has 1 aromatic rings. The molecule has 0 spiro atoms. The lowest BCUT2D eigenvalue weighted by Crippen LogP contribution is -2.42. The van der Waals surface area contributed by atoms with Crippen LogP contribution in [-0.4, -0.2) is 29.0 Å². The smallest absolute Gasteiger partial charge is 0.0798 e. The largest absolute Gasteiger partial charge is 0.327 e. The van der Waals surface area contributed by atoms with Crippen LogP contribution in [0, 0.1) is 0 Å². The van der Waals surface area contributed by atoms with Crippen LogP contribution in [0.25, 0.3) is 0 Å². The molecule has 1 saturated carbocycles. The van der Waals surface area contributed by atoms with Crippen molar-refractivity contribution >= 4 is 11.3 Å². The molecule has 4 heteroatoms. The van der Waals surface area contributed by atoms with E-state index in [0.717, 1.165) is 19.0 Å². The lowest BCUT2D eigenvalue weighted by Gasteiger charge is -2.30. The Morgan fingerprint density at radius 2 is 2.31 bits per heavy atom. The summed E-state index contributed by atoms with van der Waals surface area (Å²) in [5, 5.41) is 0. The first kappa shape index (κ1) is 10.7. The van der Waals surface area contributed by atoms with Gasteiger partial charge in [-0.05, 0) is 32.2 Å². The van der Waals surface area contributed by atoms with Crippen molar-refractivity contribution in [3.63, 3.8) is 0 Å². The molecule has 2 heterocycles. The van der Waals surface area contributed by atoms with Crippen LogP contribution in [0.3, 0.4) is 0 Å². The van der Waals surface area contributed by atoms with E-state index < -0.39 is 0 Å². The lowest BCUT2D eigenvalue weighted by molar-refractivity contribution is 0.202. The van der Waals surface area contributed by atoms with Gasteiger partial charge in [-0.25, -0.2) is 4.98 Å². The minimum Gasteiger partial charge on any atom is -0.327 e. The van der Waals surface area contributed by atoms with E-state index in [1.807, 2.05) is 16.8 Å². The number of aromatic nitrogens is 1. The van der Waals surface area contributed by atoms with Crippen molar-refractivity contribution in [1.29, 1.82) is 0 Å². The molecular weight excluding hydrogens is 218 g/mol.